The van der Waals surface area contributed by atoms with Gasteiger partial charge in [-0.05, 0) is 18.9 Å². The Bertz CT molecular complexity index is 491. The fourth-order valence-corrected chi connectivity index (χ4v) is 2.50. The van der Waals surface area contributed by atoms with Crippen LogP contribution in [0.2, 0.25) is 0 Å². The zero-order valence-electron chi connectivity index (χ0n) is 9.70. The molecule has 18 heavy (non-hydrogen) atoms. The van der Waals surface area contributed by atoms with E-state index in [1.807, 2.05) is 0 Å². The van der Waals surface area contributed by atoms with Gasteiger partial charge in [-0.2, -0.15) is 0 Å². The largest absolute Gasteiger partial charge is 0.392 e. The molecule has 0 spiro atoms. The lowest BCUT2D eigenvalue weighted by atomic mass is 10.1. The van der Waals surface area contributed by atoms with Gasteiger partial charge >= 0.3 is 0 Å². The lowest BCUT2D eigenvalue weighted by Crippen LogP contribution is -2.52. The minimum absolute atomic E-state index is 0.205. The Hall–Kier alpha value is -1.72. The first-order valence-electron chi connectivity index (χ1n) is 5.94. The molecule has 0 aromatic heterocycles. The first kappa shape index (κ1) is 11.4. The van der Waals surface area contributed by atoms with Crippen molar-refractivity contribution < 1.29 is 19.4 Å². The summed E-state index contributed by atoms with van der Waals surface area (Å²) in [7, 11) is 0. The molecule has 2 aliphatic heterocycles. The van der Waals surface area contributed by atoms with Crippen molar-refractivity contribution in [2.24, 2.45) is 0 Å². The number of imide groups is 1. The van der Waals surface area contributed by atoms with Crippen LogP contribution in [0.5, 0.6) is 0 Å². The molecule has 0 aliphatic carbocycles. The van der Waals surface area contributed by atoms with Gasteiger partial charge in [0.2, 0.25) is 0 Å². The number of benzene rings is 1. The molecule has 2 unspecified atom stereocenters. The number of fused-ring (bicyclic) bond motifs is 2. The van der Waals surface area contributed by atoms with Gasteiger partial charge in [-0.1, -0.05) is 18.2 Å². The number of para-hydroxylation sites is 1. The topological polar surface area (TPSA) is 66.8 Å². The number of rotatable bonds is 2. The number of amides is 2. The molecule has 5 nitrogen and oxygen atoms in total. The summed E-state index contributed by atoms with van der Waals surface area (Å²) < 4.78 is 5.34. The fraction of sp³-hybridized carbons (Fsp3) is 0.385. The smallest absolute Gasteiger partial charge is 0.262 e. The molecule has 2 heterocycles. The third-order valence-electron chi connectivity index (χ3n) is 3.41. The van der Waals surface area contributed by atoms with Crippen LogP contribution in [0, 0.1) is 0 Å². The van der Waals surface area contributed by atoms with E-state index in [1.165, 1.54) is 0 Å². The van der Waals surface area contributed by atoms with Crippen molar-refractivity contribution >= 4 is 17.5 Å². The van der Waals surface area contributed by atoms with Gasteiger partial charge in [-0.3, -0.25) is 9.59 Å². The fourth-order valence-electron chi connectivity index (χ4n) is 2.50. The van der Waals surface area contributed by atoms with Gasteiger partial charge in [-0.25, -0.2) is 4.90 Å². The van der Waals surface area contributed by atoms with Crippen LogP contribution >= 0.6 is 0 Å². The van der Waals surface area contributed by atoms with Gasteiger partial charge in [0, 0.05) is 5.56 Å². The van der Waals surface area contributed by atoms with Crippen LogP contribution in [0.25, 0.3) is 0 Å². The molecular formula is C13H13NO4. The zero-order chi connectivity index (χ0) is 12.7. The molecule has 1 aromatic rings. The number of anilines is 1. The zero-order valence-corrected chi connectivity index (χ0v) is 9.70. The molecule has 94 valence electrons. The average molecular weight is 247 g/mol. The summed E-state index contributed by atoms with van der Waals surface area (Å²) in [6.45, 7) is -0.205. The lowest BCUT2D eigenvalue weighted by molar-refractivity contribution is -0.146. The molecule has 2 aliphatic rings. The second-order valence-electron chi connectivity index (χ2n) is 4.49. The van der Waals surface area contributed by atoms with Crippen LogP contribution in [0.3, 0.4) is 0 Å². The van der Waals surface area contributed by atoms with E-state index in [0.717, 1.165) is 4.90 Å². The summed E-state index contributed by atoms with van der Waals surface area (Å²) in [6, 6.07) is 6.88. The minimum Gasteiger partial charge on any atom is -0.392 e. The van der Waals surface area contributed by atoms with E-state index in [1.54, 1.807) is 24.3 Å². The molecule has 0 radical (unpaired) electrons. The van der Waals surface area contributed by atoms with E-state index in [4.69, 9.17) is 4.74 Å². The molecule has 2 fully saturated rings. The molecule has 3 rings (SSSR count). The van der Waals surface area contributed by atoms with E-state index in [-0.39, 0.29) is 18.4 Å². The van der Waals surface area contributed by atoms with Gasteiger partial charge in [0.25, 0.3) is 11.8 Å². The van der Waals surface area contributed by atoms with Gasteiger partial charge in [-0.15, -0.1) is 0 Å². The van der Waals surface area contributed by atoms with Crippen LogP contribution in [0.1, 0.15) is 18.4 Å². The highest BCUT2D eigenvalue weighted by Gasteiger charge is 2.47. The molecule has 1 N–H and O–H groups in total. The standard InChI is InChI=1S/C13H13NO4/c15-7-8-3-1-2-4-9(8)14-12(16)10-5-6-11(18-10)13(14)17/h1-4,10-11,15H,5-7H2. The molecule has 1 aromatic carbocycles. The number of hydrogen-bond acceptors (Lipinski definition) is 4. The predicted molar refractivity (Wildman–Crippen MR) is 62.8 cm³/mol. The number of hydrogen-bond donors (Lipinski definition) is 1. The van der Waals surface area contributed by atoms with Crippen LogP contribution in [-0.2, 0) is 20.9 Å². The quantitative estimate of drug-likeness (QED) is 0.777. The first-order chi connectivity index (χ1) is 8.72. The van der Waals surface area contributed by atoms with E-state index in [9.17, 15) is 14.7 Å². The van der Waals surface area contributed by atoms with E-state index in [2.05, 4.69) is 0 Å². The van der Waals surface area contributed by atoms with Gasteiger partial charge in [0.1, 0.15) is 12.2 Å². The van der Waals surface area contributed by atoms with Crippen molar-refractivity contribution in [1.82, 2.24) is 0 Å². The van der Waals surface area contributed by atoms with Crippen LogP contribution in [-0.4, -0.2) is 29.1 Å². The monoisotopic (exact) mass is 247 g/mol. The number of ether oxygens (including phenoxy) is 1. The van der Waals surface area contributed by atoms with Gasteiger partial charge in [0.15, 0.2) is 0 Å². The number of morpholine rings is 1. The molecular weight excluding hydrogens is 234 g/mol. The SMILES string of the molecule is O=C1C2CCC(O2)C(=O)N1c1ccccc1CO. The third kappa shape index (κ3) is 1.55. The van der Waals surface area contributed by atoms with Crippen LogP contribution in [0.15, 0.2) is 24.3 Å². The highest BCUT2D eigenvalue weighted by molar-refractivity contribution is 6.20. The number of carbonyl (C=O) groups is 2. The summed E-state index contributed by atoms with van der Waals surface area (Å²) in [5.41, 5.74) is 1.04. The molecule has 5 heteroatoms. The van der Waals surface area contributed by atoms with Crippen LogP contribution < -0.4 is 4.90 Å². The Balaban J connectivity index is 2.05. The molecule has 0 saturated carbocycles. The van der Waals surface area contributed by atoms with E-state index >= 15 is 0 Å². The molecule has 2 atom stereocenters. The first-order valence-corrected chi connectivity index (χ1v) is 5.94. The van der Waals surface area contributed by atoms with E-state index < -0.39 is 12.2 Å². The third-order valence-corrected chi connectivity index (χ3v) is 3.41. The molecule has 2 bridgehead atoms. The average Bonchev–Trinajstić information content (AvgIpc) is 2.84. The molecule has 2 amide bonds. The van der Waals surface area contributed by atoms with Crippen molar-refractivity contribution in [3.63, 3.8) is 0 Å². The van der Waals surface area contributed by atoms with Crippen molar-refractivity contribution in [2.45, 2.75) is 31.7 Å². The van der Waals surface area contributed by atoms with E-state index in [0.29, 0.717) is 24.1 Å². The van der Waals surface area contributed by atoms with Crippen molar-refractivity contribution in [1.29, 1.82) is 0 Å². The second kappa shape index (κ2) is 4.19. The van der Waals surface area contributed by atoms with Gasteiger partial charge in [0.05, 0.1) is 12.3 Å². The van der Waals surface area contributed by atoms with Crippen molar-refractivity contribution in [2.75, 3.05) is 4.90 Å². The minimum atomic E-state index is -0.514. The highest BCUT2D eigenvalue weighted by Crippen LogP contribution is 2.33. The maximum atomic E-state index is 12.2. The number of aliphatic hydroxyl groups excluding tert-OH is 1. The molecule has 2 saturated heterocycles. The summed E-state index contributed by atoms with van der Waals surface area (Å²) in [5, 5.41) is 9.29. The maximum absolute atomic E-state index is 12.2. The number of aliphatic hydroxyl groups is 1. The maximum Gasteiger partial charge on any atom is 0.262 e. The van der Waals surface area contributed by atoms with Crippen LogP contribution in [0.4, 0.5) is 5.69 Å². The lowest BCUT2D eigenvalue weighted by Gasteiger charge is -2.30. The predicted octanol–water partition coefficient (Wildman–Crippen LogP) is 0.600. The second-order valence-corrected chi connectivity index (χ2v) is 4.49. The summed E-state index contributed by atoms with van der Waals surface area (Å²) >= 11 is 0. The Labute approximate surface area is 104 Å². The number of carbonyl (C=O) groups excluding carboxylic acids is 2. The Morgan fingerprint density at radius 2 is 1.78 bits per heavy atom. The van der Waals surface area contributed by atoms with Crippen molar-refractivity contribution in [3.05, 3.63) is 29.8 Å². The summed E-state index contributed by atoms with van der Waals surface area (Å²) in [4.78, 5) is 25.5. The summed E-state index contributed by atoms with van der Waals surface area (Å²) in [6.07, 6.45) is 0.152. The number of nitrogens with zero attached hydrogens (tertiary/aromatic N) is 1. The summed E-state index contributed by atoms with van der Waals surface area (Å²) in [5.74, 6) is -0.649. The Morgan fingerprint density at radius 1 is 1.17 bits per heavy atom. The van der Waals surface area contributed by atoms with Gasteiger partial charge < -0.3 is 9.84 Å². The van der Waals surface area contributed by atoms with Crippen molar-refractivity contribution in [3.8, 4) is 0 Å². The Kier molecular flexibility index (Phi) is 2.65. The normalized spacial score (nSPS) is 26.8. The highest BCUT2D eigenvalue weighted by atomic mass is 16.5. The Morgan fingerprint density at radius 3 is 2.39 bits per heavy atom.